The van der Waals surface area contributed by atoms with Crippen LogP contribution in [0.4, 0.5) is 4.53 Å². The summed E-state index contributed by atoms with van der Waals surface area (Å²) in [6, 6.07) is 0. The summed E-state index contributed by atoms with van der Waals surface area (Å²) in [5.74, 6) is -1.55. The van der Waals surface area contributed by atoms with Gasteiger partial charge in [-0.25, -0.2) is 0 Å². The maximum Gasteiger partial charge on any atom is 0.397 e. The van der Waals surface area contributed by atoms with Crippen molar-refractivity contribution in [1.29, 1.82) is 0 Å². The molecule has 0 spiro atoms. The van der Waals surface area contributed by atoms with Gasteiger partial charge in [-0.3, -0.25) is 9.59 Å². The van der Waals surface area contributed by atoms with Crippen LogP contribution in [0.3, 0.4) is 0 Å². The average molecular weight is 208 g/mol. The molecule has 0 N–H and O–H groups in total. The van der Waals surface area contributed by atoms with Crippen molar-refractivity contribution in [3.63, 3.8) is 0 Å². The third-order valence-electron chi connectivity index (χ3n) is 1.15. The molecule has 0 aromatic carbocycles. The standard InChI is InChI=1S/C8H13FO5/c1-5(10)12-7(14-9)13-6(11)8(2,3)4/h7H,1-4H3. The van der Waals surface area contributed by atoms with Gasteiger partial charge in [-0.05, 0) is 25.3 Å². The van der Waals surface area contributed by atoms with Gasteiger partial charge in [0.15, 0.2) is 0 Å². The third kappa shape index (κ3) is 4.76. The highest BCUT2D eigenvalue weighted by molar-refractivity contribution is 5.75. The molecule has 0 aromatic rings. The Balaban J connectivity index is 4.19. The summed E-state index contributed by atoms with van der Waals surface area (Å²) in [5.41, 5.74) is -0.822. The van der Waals surface area contributed by atoms with Gasteiger partial charge in [0.05, 0.1) is 5.41 Å². The summed E-state index contributed by atoms with van der Waals surface area (Å²) in [4.78, 5) is 24.7. The molecular formula is C8H13FO5. The molecule has 1 atom stereocenters. The highest BCUT2D eigenvalue weighted by Crippen LogP contribution is 2.17. The van der Waals surface area contributed by atoms with Crippen LogP contribution in [0.5, 0.6) is 0 Å². The van der Waals surface area contributed by atoms with Gasteiger partial charge in [0.25, 0.3) is 0 Å². The molecule has 82 valence electrons. The minimum atomic E-state index is -1.93. The molecule has 14 heavy (non-hydrogen) atoms. The molecule has 0 saturated carbocycles. The van der Waals surface area contributed by atoms with Gasteiger partial charge in [0.2, 0.25) is 0 Å². The van der Waals surface area contributed by atoms with Crippen molar-refractivity contribution >= 4 is 11.9 Å². The lowest BCUT2D eigenvalue weighted by molar-refractivity contribution is -0.349. The van der Waals surface area contributed by atoms with E-state index in [2.05, 4.69) is 14.4 Å². The summed E-state index contributed by atoms with van der Waals surface area (Å²) in [6.45, 7) is 3.81. The number of esters is 2. The molecule has 0 aliphatic rings. The van der Waals surface area contributed by atoms with Gasteiger partial charge in [0, 0.05) is 6.92 Å². The molecule has 0 rings (SSSR count). The molecule has 0 aliphatic heterocycles. The van der Waals surface area contributed by atoms with Crippen LogP contribution in [0.15, 0.2) is 0 Å². The lowest BCUT2D eigenvalue weighted by Gasteiger charge is -2.19. The van der Waals surface area contributed by atoms with Crippen molar-refractivity contribution in [1.82, 2.24) is 0 Å². The van der Waals surface area contributed by atoms with Crippen molar-refractivity contribution in [3.05, 3.63) is 0 Å². The lowest BCUT2D eigenvalue weighted by atomic mass is 9.98. The van der Waals surface area contributed by atoms with E-state index in [1.807, 2.05) is 0 Å². The number of ether oxygens (including phenoxy) is 2. The summed E-state index contributed by atoms with van der Waals surface area (Å²) >= 11 is 0. The molecule has 0 heterocycles. The second kappa shape index (κ2) is 4.90. The number of halogens is 1. The Bertz CT molecular complexity index is 220. The second-order valence-electron chi connectivity index (χ2n) is 3.64. The zero-order valence-corrected chi connectivity index (χ0v) is 8.50. The molecule has 6 heteroatoms. The van der Waals surface area contributed by atoms with Crippen LogP contribution in [0.25, 0.3) is 0 Å². The smallest absolute Gasteiger partial charge is 0.397 e. The normalized spacial score (nSPS) is 13.2. The Morgan fingerprint density at radius 1 is 1.21 bits per heavy atom. The zero-order valence-electron chi connectivity index (χ0n) is 8.50. The minimum Gasteiger partial charge on any atom is -0.399 e. The quantitative estimate of drug-likeness (QED) is 0.517. The topological polar surface area (TPSA) is 61.8 Å². The van der Waals surface area contributed by atoms with Crippen LogP contribution in [0.1, 0.15) is 27.7 Å². The van der Waals surface area contributed by atoms with E-state index < -0.39 is 23.8 Å². The Hall–Kier alpha value is -1.17. The van der Waals surface area contributed by atoms with Crippen LogP contribution < -0.4 is 0 Å². The fourth-order valence-corrected chi connectivity index (χ4v) is 0.460. The predicted molar refractivity (Wildman–Crippen MR) is 43.3 cm³/mol. The minimum absolute atomic E-state index is 0.735. The van der Waals surface area contributed by atoms with E-state index in [4.69, 9.17) is 0 Å². The molecule has 0 aromatic heterocycles. The first kappa shape index (κ1) is 12.8. The van der Waals surface area contributed by atoms with Gasteiger partial charge in [-0.2, -0.15) is 0 Å². The molecule has 1 unspecified atom stereocenters. The van der Waals surface area contributed by atoms with Gasteiger partial charge >= 0.3 is 18.4 Å². The lowest BCUT2D eigenvalue weighted by Crippen LogP contribution is -2.31. The third-order valence-corrected chi connectivity index (χ3v) is 1.15. The second-order valence-corrected chi connectivity index (χ2v) is 3.64. The Morgan fingerprint density at radius 3 is 2.00 bits per heavy atom. The van der Waals surface area contributed by atoms with E-state index in [1.54, 1.807) is 20.8 Å². The Kier molecular flexibility index (Phi) is 4.49. The number of carbonyl (C=O) groups is 2. The van der Waals surface area contributed by atoms with E-state index in [-0.39, 0.29) is 0 Å². The largest absolute Gasteiger partial charge is 0.399 e. The van der Waals surface area contributed by atoms with E-state index in [9.17, 15) is 14.1 Å². The SMILES string of the molecule is CC(=O)OC(OF)OC(=O)C(C)(C)C. The van der Waals surface area contributed by atoms with Gasteiger partial charge in [-0.15, -0.1) is 4.94 Å². The van der Waals surface area contributed by atoms with Crippen molar-refractivity contribution in [2.24, 2.45) is 5.41 Å². The molecule has 0 amide bonds. The molecule has 0 bridgehead atoms. The van der Waals surface area contributed by atoms with Gasteiger partial charge in [-0.1, -0.05) is 0 Å². The van der Waals surface area contributed by atoms with E-state index in [0.717, 1.165) is 6.92 Å². The fraction of sp³-hybridized carbons (Fsp3) is 0.750. The fourth-order valence-electron chi connectivity index (χ4n) is 0.460. The molecular weight excluding hydrogens is 195 g/mol. The molecule has 0 fully saturated rings. The maximum absolute atomic E-state index is 11.7. The maximum atomic E-state index is 11.7. The van der Waals surface area contributed by atoms with Crippen molar-refractivity contribution in [2.45, 2.75) is 34.2 Å². The van der Waals surface area contributed by atoms with Crippen LogP contribution in [-0.4, -0.2) is 18.4 Å². The first-order valence-corrected chi connectivity index (χ1v) is 3.93. The number of carbonyl (C=O) groups excluding carboxylic acids is 2. The molecule has 0 saturated heterocycles. The number of hydrogen-bond acceptors (Lipinski definition) is 5. The average Bonchev–Trinajstić information content (AvgIpc) is 2.00. The van der Waals surface area contributed by atoms with E-state index in [1.165, 1.54) is 0 Å². The van der Waals surface area contributed by atoms with Gasteiger partial charge in [0.1, 0.15) is 0 Å². The Morgan fingerprint density at radius 2 is 1.71 bits per heavy atom. The highest BCUT2D eigenvalue weighted by Gasteiger charge is 2.28. The molecule has 0 radical (unpaired) electrons. The summed E-state index contributed by atoms with van der Waals surface area (Å²) in [7, 11) is 0. The summed E-state index contributed by atoms with van der Waals surface area (Å²) < 4.78 is 20.3. The predicted octanol–water partition coefficient (Wildman–Crippen LogP) is 1.32. The summed E-state index contributed by atoms with van der Waals surface area (Å²) in [6.07, 6.45) is 0. The van der Waals surface area contributed by atoms with Crippen molar-refractivity contribution < 1.29 is 28.5 Å². The van der Waals surface area contributed by atoms with Crippen LogP contribution in [-0.2, 0) is 24.0 Å². The van der Waals surface area contributed by atoms with Crippen molar-refractivity contribution in [3.8, 4) is 0 Å². The number of rotatable bonds is 3. The molecule has 5 nitrogen and oxygen atoms in total. The van der Waals surface area contributed by atoms with E-state index >= 15 is 0 Å². The first-order chi connectivity index (χ1) is 6.27. The molecule has 0 aliphatic carbocycles. The summed E-state index contributed by atoms with van der Waals surface area (Å²) in [5, 5.41) is 0. The Labute approximate surface area is 81.0 Å². The van der Waals surface area contributed by atoms with Crippen molar-refractivity contribution in [2.75, 3.05) is 0 Å². The van der Waals surface area contributed by atoms with Gasteiger partial charge < -0.3 is 9.47 Å². The monoisotopic (exact) mass is 208 g/mol. The zero-order chi connectivity index (χ0) is 11.4. The first-order valence-electron chi connectivity index (χ1n) is 3.93. The van der Waals surface area contributed by atoms with Crippen LogP contribution in [0.2, 0.25) is 0 Å². The number of hydrogen-bond donors (Lipinski definition) is 0. The highest BCUT2D eigenvalue weighted by atomic mass is 19.3. The van der Waals surface area contributed by atoms with Crippen LogP contribution >= 0.6 is 0 Å². The van der Waals surface area contributed by atoms with E-state index in [0.29, 0.717) is 0 Å². The van der Waals surface area contributed by atoms with Crippen LogP contribution in [0, 0.1) is 5.41 Å².